The normalized spacial score (nSPS) is 26.9. The molecule has 0 aromatic rings. The number of methoxy groups -OCH3 is 1. The van der Waals surface area contributed by atoms with Crippen molar-refractivity contribution in [3.8, 4) is 0 Å². The zero-order chi connectivity index (χ0) is 10.6. The van der Waals surface area contributed by atoms with E-state index in [-0.39, 0.29) is 6.10 Å². The van der Waals surface area contributed by atoms with E-state index < -0.39 is 5.79 Å². The fourth-order valence-corrected chi connectivity index (χ4v) is 1.97. The summed E-state index contributed by atoms with van der Waals surface area (Å²) >= 11 is 3.40. The maximum absolute atomic E-state index is 5.90. The van der Waals surface area contributed by atoms with Gasteiger partial charge in [0, 0.05) is 7.11 Å². The minimum atomic E-state index is -0.501. The Bertz CT molecular complexity index is 209. The summed E-state index contributed by atoms with van der Waals surface area (Å²) in [6, 6.07) is 0. The van der Waals surface area contributed by atoms with Crippen LogP contribution in [-0.2, 0) is 9.47 Å². The first-order chi connectivity index (χ1) is 6.59. The molecule has 0 aromatic carbocycles. The van der Waals surface area contributed by atoms with Gasteiger partial charge >= 0.3 is 0 Å². The summed E-state index contributed by atoms with van der Waals surface area (Å²) in [4.78, 5) is 0. The van der Waals surface area contributed by atoms with E-state index in [0.717, 1.165) is 6.42 Å². The highest BCUT2D eigenvalue weighted by atomic mass is 79.9. The molecule has 14 heavy (non-hydrogen) atoms. The van der Waals surface area contributed by atoms with Crippen LogP contribution in [0.2, 0.25) is 0 Å². The quantitative estimate of drug-likeness (QED) is 0.440. The average molecular weight is 263 g/mol. The molecule has 82 valence electrons. The summed E-state index contributed by atoms with van der Waals surface area (Å²) in [7, 11) is 1.68. The standard InChI is InChI=1S/C11H19BrO2/c1-9-5-4-6-10(7-9)14-11(2,8-12)13-3/h7,10H,4-6,8H2,1-3H3. The number of allylic oxidation sites excluding steroid dienone is 1. The number of hydrogen-bond donors (Lipinski definition) is 0. The summed E-state index contributed by atoms with van der Waals surface area (Å²) < 4.78 is 11.2. The van der Waals surface area contributed by atoms with Crippen molar-refractivity contribution in [1.29, 1.82) is 0 Å². The Morgan fingerprint density at radius 3 is 2.86 bits per heavy atom. The van der Waals surface area contributed by atoms with Crippen LogP contribution >= 0.6 is 15.9 Å². The van der Waals surface area contributed by atoms with Crippen molar-refractivity contribution >= 4 is 15.9 Å². The van der Waals surface area contributed by atoms with Gasteiger partial charge in [0.05, 0.1) is 11.4 Å². The van der Waals surface area contributed by atoms with Crippen LogP contribution in [0.1, 0.15) is 33.1 Å². The van der Waals surface area contributed by atoms with Gasteiger partial charge in [-0.3, -0.25) is 0 Å². The van der Waals surface area contributed by atoms with Crippen LogP contribution in [0, 0.1) is 0 Å². The van der Waals surface area contributed by atoms with Crippen molar-refractivity contribution in [2.75, 3.05) is 12.4 Å². The van der Waals surface area contributed by atoms with E-state index in [1.165, 1.54) is 18.4 Å². The smallest absolute Gasteiger partial charge is 0.175 e. The molecule has 0 spiro atoms. The van der Waals surface area contributed by atoms with E-state index in [9.17, 15) is 0 Å². The van der Waals surface area contributed by atoms with Gasteiger partial charge in [-0.15, -0.1) is 0 Å². The number of ether oxygens (including phenoxy) is 2. The van der Waals surface area contributed by atoms with Crippen LogP contribution < -0.4 is 0 Å². The van der Waals surface area contributed by atoms with E-state index in [0.29, 0.717) is 5.33 Å². The average Bonchev–Trinajstić information content (AvgIpc) is 2.18. The number of alkyl halides is 1. The van der Waals surface area contributed by atoms with Crippen LogP contribution in [0.25, 0.3) is 0 Å². The van der Waals surface area contributed by atoms with E-state index in [1.54, 1.807) is 7.11 Å². The Morgan fingerprint density at radius 1 is 1.64 bits per heavy atom. The molecule has 0 radical (unpaired) electrons. The van der Waals surface area contributed by atoms with Crippen molar-refractivity contribution in [2.45, 2.75) is 45.0 Å². The molecule has 2 atom stereocenters. The van der Waals surface area contributed by atoms with Crippen molar-refractivity contribution < 1.29 is 9.47 Å². The lowest BCUT2D eigenvalue weighted by atomic mass is 9.98. The Hall–Kier alpha value is 0.140. The fourth-order valence-electron chi connectivity index (χ4n) is 1.61. The number of hydrogen-bond acceptors (Lipinski definition) is 2. The third-order valence-electron chi connectivity index (χ3n) is 2.61. The third-order valence-corrected chi connectivity index (χ3v) is 3.62. The van der Waals surface area contributed by atoms with Crippen LogP contribution in [0.5, 0.6) is 0 Å². The van der Waals surface area contributed by atoms with Gasteiger partial charge in [-0.1, -0.05) is 27.6 Å². The van der Waals surface area contributed by atoms with Gasteiger partial charge in [0.25, 0.3) is 0 Å². The maximum atomic E-state index is 5.90. The van der Waals surface area contributed by atoms with Crippen LogP contribution in [0.4, 0.5) is 0 Å². The molecule has 0 aliphatic heterocycles. The molecule has 3 heteroatoms. The molecule has 1 aliphatic rings. The second-order valence-corrected chi connectivity index (χ2v) is 4.59. The molecular formula is C11H19BrO2. The lowest BCUT2D eigenvalue weighted by molar-refractivity contribution is -0.211. The summed E-state index contributed by atoms with van der Waals surface area (Å²) in [6.45, 7) is 4.12. The molecule has 1 rings (SSSR count). The minimum absolute atomic E-state index is 0.214. The second kappa shape index (κ2) is 5.29. The van der Waals surface area contributed by atoms with Crippen molar-refractivity contribution in [1.82, 2.24) is 0 Å². The van der Waals surface area contributed by atoms with Gasteiger partial charge in [-0.2, -0.15) is 0 Å². The molecule has 0 amide bonds. The third kappa shape index (κ3) is 3.37. The van der Waals surface area contributed by atoms with Gasteiger partial charge in [-0.25, -0.2) is 0 Å². The highest BCUT2D eigenvalue weighted by Gasteiger charge is 2.27. The van der Waals surface area contributed by atoms with Crippen LogP contribution in [0.3, 0.4) is 0 Å². The summed E-state index contributed by atoms with van der Waals surface area (Å²) in [5, 5.41) is 0.694. The molecular weight excluding hydrogens is 244 g/mol. The first kappa shape index (κ1) is 12.2. The minimum Gasteiger partial charge on any atom is -0.353 e. The van der Waals surface area contributed by atoms with Gasteiger partial charge in [0.2, 0.25) is 0 Å². The number of halogens is 1. The van der Waals surface area contributed by atoms with Crippen LogP contribution in [0.15, 0.2) is 11.6 Å². The molecule has 2 unspecified atom stereocenters. The summed E-state index contributed by atoms with van der Waals surface area (Å²) in [5.74, 6) is -0.501. The predicted octanol–water partition coefficient (Wildman–Crippen LogP) is 3.26. The Kier molecular flexibility index (Phi) is 4.61. The highest BCUT2D eigenvalue weighted by molar-refractivity contribution is 9.09. The van der Waals surface area contributed by atoms with E-state index in [4.69, 9.17) is 9.47 Å². The molecule has 2 nitrogen and oxygen atoms in total. The monoisotopic (exact) mass is 262 g/mol. The summed E-state index contributed by atoms with van der Waals surface area (Å²) in [6.07, 6.45) is 5.95. The lowest BCUT2D eigenvalue weighted by Gasteiger charge is -2.31. The molecule has 0 aromatic heterocycles. The first-order valence-corrected chi connectivity index (χ1v) is 6.18. The van der Waals surface area contributed by atoms with E-state index in [2.05, 4.69) is 28.9 Å². The zero-order valence-electron chi connectivity index (χ0n) is 9.18. The Labute approximate surface area is 94.8 Å². The molecule has 0 heterocycles. The van der Waals surface area contributed by atoms with Gasteiger partial charge < -0.3 is 9.47 Å². The SMILES string of the molecule is COC(C)(CBr)OC1C=C(C)CCC1. The molecule has 0 fully saturated rings. The molecule has 0 saturated heterocycles. The van der Waals surface area contributed by atoms with Gasteiger partial charge in [0.15, 0.2) is 5.79 Å². The highest BCUT2D eigenvalue weighted by Crippen LogP contribution is 2.25. The van der Waals surface area contributed by atoms with Crippen LogP contribution in [-0.4, -0.2) is 24.3 Å². The fraction of sp³-hybridized carbons (Fsp3) is 0.818. The molecule has 0 N–H and O–H groups in total. The van der Waals surface area contributed by atoms with Gasteiger partial charge in [-0.05, 0) is 33.1 Å². The topological polar surface area (TPSA) is 18.5 Å². The lowest BCUT2D eigenvalue weighted by Crippen LogP contribution is -2.37. The molecule has 0 saturated carbocycles. The van der Waals surface area contributed by atoms with E-state index in [1.807, 2.05) is 6.92 Å². The zero-order valence-corrected chi connectivity index (χ0v) is 10.8. The predicted molar refractivity (Wildman–Crippen MR) is 61.7 cm³/mol. The first-order valence-electron chi connectivity index (χ1n) is 5.06. The molecule has 1 aliphatic carbocycles. The number of rotatable bonds is 4. The Morgan fingerprint density at radius 2 is 2.36 bits per heavy atom. The molecule has 0 bridgehead atoms. The van der Waals surface area contributed by atoms with Gasteiger partial charge in [0.1, 0.15) is 0 Å². The Balaban J connectivity index is 2.54. The largest absolute Gasteiger partial charge is 0.353 e. The van der Waals surface area contributed by atoms with Crippen molar-refractivity contribution in [3.05, 3.63) is 11.6 Å². The van der Waals surface area contributed by atoms with Crippen molar-refractivity contribution in [2.24, 2.45) is 0 Å². The maximum Gasteiger partial charge on any atom is 0.175 e. The van der Waals surface area contributed by atoms with Crippen molar-refractivity contribution in [3.63, 3.8) is 0 Å². The van der Waals surface area contributed by atoms with E-state index >= 15 is 0 Å². The summed E-state index contributed by atoms with van der Waals surface area (Å²) in [5.41, 5.74) is 1.43. The second-order valence-electron chi connectivity index (χ2n) is 4.03.